The largest absolute Gasteiger partial charge is 0.324 e. The standard InChI is InChI=1S/C17H11ClN8/c18-10-3-4-13-14(8-10)24-17(23-13)25-16-19-7-5-12(22-16)11-9-21-26-15(11)2-1-6-20-26/h1-9H,(H2,19,22,23,24,25). The average Bonchev–Trinajstić information content (AvgIpc) is 3.25. The van der Waals surface area contributed by atoms with Gasteiger partial charge in [-0.25, -0.2) is 15.0 Å². The van der Waals surface area contributed by atoms with Crippen molar-refractivity contribution < 1.29 is 0 Å². The van der Waals surface area contributed by atoms with Crippen molar-refractivity contribution in [2.45, 2.75) is 0 Å². The molecule has 0 fully saturated rings. The molecule has 0 spiro atoms. The molecule has 2 N–H and O–H groups in total. The number of anilines is 2. The fourth-order valence-corrected chi connectivity index (χ4v) is 2.92. The Balaban J connectivity index is 1.51. The van der Waals surface area contributed by atoms with E-state index in [1.165, 1.54) is 0 Å². The van der Waals surface area contributed by atoms with E-state index in [-0.39, 0.29) is 0 Å². The second-order valence-corrected chi connectivity index (χ2v) is 6.03. The van der Waals surface area contributed by atoms with Gasteiger partial charge in [0.05, 0.1) is 28.4 Å². The molecular weight excluding hydrogens is 352 g/mol. The van der Waals surface area contributed by atoms with Crippen molar-refractivity contribution in [3.8, 4) is 11.3 Å². The van der Waals surface area contributed by atoms with Crippen molar-refractivity contribution in [3.05, 3.63) is 60.0 Å². The minimum atomic E-state index is 0.427. The van der Waals surface area contributed by atoms with Crippen LogP contribution in [0.15, 0.2) is 55.0 Å². The number of fused-ring (bicyclic) bond motifs is 2. The van der Waals surface area contributed by atoms with Crippen LogP contribution in [-0.4, -0.2) is 34.8 Å². The molecule has 1 aromatic carbocycles. The summed E-state index contributed by atoms with van der Waals surface area (Å²) in [5.41, 5.74) is 4.13. The van der Waals surface area contributed by atoms with E-state index in [1.54, 1.807) is 29.3 Å². The van der Waals surface area contributed by atoms with Gasteiger partial charge in [-0.3, -0.25) is 5.32 Å². The van der Waals surface area contributed by atoms with Crippen molar-refractivity contribution in [2.24, 2.45) is 0 Å². The zero-order valence-corrected chi connectivity index (χ0v) is 14.0. The van der Waals surface area contributed by atoms with Gasteiger partial charge in [0, 0.05) is 23.0 Å². The number of aromatic nitrogens is 7. The quantitative estimate of drug-likeness (QED) is 0.510. The highest BCUT2D eigenvalue weighted by molar-refractivity contribution is 6.31. The van der Waals surface area contributed by atoms with Gasteiger partial charge in [-0.1, -0.05) is 11.6 Å². The minimum Gasteiger partial charge on any atom is -0.324 e. The second kappa shape index (κ2) is 5.78. The lowest BCUT2D eigenvalue weighted by Crippen LogP contribution is -1.99. The van der Waals surface area contributed by atoms with E-state index in [4.69, 9.17) is 11.6 Å². The highest BCUT2D eigenvalue weighted by Gasteiger charge is 2.10. The maximum Gasteiger partial charge on any atom is 0.230 e. The topological polar surface area (TPSA) is 96.7 Å². The van der Waals surface area contributed by atoms with Crippen LogP contribution >= 0.6 is 11.6 Å². The van der Waals surface area contributed by atoms with Gasteiger partial charge in [-0.2, -0.15) is 14.8 Å². The Morgan fingerprint density at radius 1 is 1.04 bits per heavy atom. The predicted molar refractivity (Wildman–Crippen MR) is 98.4 cm³/mol. The van der Waals surface area contributed by atoms with E-state index < -0.39 is 0 Å². The summed E-state index contributed by atoms with van der Waals surface area (Å²) in [6.45, 7) is 0. The van der Waals surface area contributed by atoms with Crippen LogP contribution in [0.5, 0.6) is 0 Å². The first-order valence-corrected chi connectivity index (χ1v) is 8.19. The van der Waals surface area contributed by atoms with E-state index in [0.717, 1.165) is 27.8 Å². The van der Waals surface area contributed by atoms with Gasteiger partial charge in [0.2, 0.25) is 11.9 Å². The van der Waals surface area contributed by atoms with Crippen LogP contribution in [0.2, 0.25) is 5.02 Å². The number of rotatable bonds is 3. The van der Waals surface area contributed by atoms with Gasteiger partial charge < -0.3 is 4.98 Å². The van der Waals surface area contributed by atoms with E-state index in [9.17, 15) is 0 Å². The van der Waals surface area contributed by atoms with E-state index >= 15 is 0 Å². The lowest BCUT2D eigenvalue weighted by molar-refractivity contribution is 0.800. The second-order valence-electron chi connectivity index (χ2n) is 5.59. The highest BCUT2D eigenvalue weighted by Crippen LogP contribution is 2.24. The van der Waals surface area contributed by atoms with E-state index in [2.05, 4.69) is 35.5 Å². The molecule has 0 aliphatic heterocycles. The third-order valence-corrected chi connectivity index (χ3v) is 4.14. The SMILES string of the molecule is Clc1ccc2nc(Nc3nccc(-c4cnn5ncccc45)n3)[nH]c2c1. The highest BCUT2D eigenvalue weighted by atomic mass is 35.5. The van der Waals surface area contributed by atoms with Crippen molar-refractivity contribution in [1.29, 1.82) is 0 Å². The zero-order chi connectivity index (χ0) is 17.5. The summed E-state index contributed by atoms with van der Waals surface area (Å²) >= 11 is 6.01. The summed E-state index contributed by atoms with van der Waals surface area (Å²) in [5, 5.41) is 12.1. The number of hydrogen-bond donors (Lipinski definition) is 2. The molecule has 9 heteroatoms. The number of hydrogen-bond acceptors (Lipinski definition) is 6. The van der Waals surface area contributed by atoms with Crippen LogP contribution < -0.4 is 5.32 Å². The molecule has 0 radical (unpaired) electrons. The molecule has 0 saturated carbocycles. The Hall–Kier alpha value is -3.52. The number of imidazole rings is 1. The first kappa shape index (κ1) is 14.8. The third-order valence-electron chi connectivity index (χ3n) is 3.91. The van der Waals surface area contributed by atoms with Gasteiger partial charge in [-0.15, -0.1) is 0 Å². The van der Waals surface area contributed by atoms with Crippen molar-refractivity contribution in [2.75, 3.05) is 5.32 Å². The molecular formula is C17H11ClN8. The van der Waals surface area contributed by atoms with E-state index in [0.29, 0.717) is 16.9 Å². The first-order chi connectivity index (χ1) is 12.8. The molecule has 0 aliphatic rings. The van der Waals surface area contributed by atoms with Crippen molar-refractivity contribution in [3.63, 3.8) is 0 Å². The zero-order valence-electron chi connectivity index (χ0n) is 13.3. The molecule has 0 bridgehead atoms. The molecule has 0 saturated heterocycles. The number of nitrogens with zero attached hydrogens (tertiary/aromatic N) is 6. The molecule has 4 heterocycles. The lowest BCUT2D eigenvalue weighted by Gasteiger charge is -2.03. The van der Waals surface area contributed by atoms with Gasteiger partial charge >= 0.3 is 0 Å². The Bertz CT molecular complexity index is 1240. The van der Waals surface area contributed by atoms with Gasteiger partial charge in [-0.05, 0) is 36.4 Å². The minimum absolute atomic E-state index is 0.427. The maximum atomic E-state index is 6.01. The smallest absolute Gasteiger partial charge is 0.230 e. The van der Waals surface area contributed by atoms with Crippen LogP contribution in [0.3, 0.4) is 0 Å². The number of nitrogens with one attached hydrogen (secondary N) is 2. The molecule has 4 aromatic heterocycles. The Labute approximate surface area is 151 Å². The lowest BCUT2D eigenvalue weighted by atomic mass is 10.2. The first-order valence-electron chi connectivity index (χ1n) is 7.81. The molecule has 8 nitrogen and oxygen atoms in total. The van der Waals surface area contributed by atoms with Gasteiger partial charge in [0.1, 0.15) is 0 Å². The molecule has 0 unspecified atom stereocenters. The number of halogens is 1. The predicted octanol–water partition coefficient (Wildman–Crippen LogP) is 3.46. The van der Waals surface area contributed by atoms with Crippen LogP contribution in [0, 0.1) is 0 Å². The van der Waals surface area contributed by atoms with E-state index in [1.807, 2.05) is 30.3 Å². The number of H-pyrrole nitrogens is 1. The molecule has 0 amide bonds. The molecule has 5 rings (SSSR count). The summed E-state index contributed by atoms with van der Waals surface area (Å²) in [5.74, 6) is 0.969. The van der Waals surface area contributed by atoms with Crippen molar-refractivity contribution >= 4 is 40.0 Å². The monoisotopic (exact) mass is 362 g/mol. The summed E-state index contributed by atoms with van der Waals surface area (Å²) < 4.78 is 1.56. The van der Waals surface area contributed by atoms with Crippen LogP contribution in [-0.2, 0) is 0 Å². The van der Waals surface area contributed by atoms with Crippen LogP contribution in [0.1, 0.15) is 0 Å². The van der Waals surface area contributed by atoms with Gasteiger partial charge in [0.15, 0.2) is 0 Å². The Morgan fingerprint density at radius 2 is 2.00 bits per heavy atom. The molecule has 126 valence electrons. The van der Waals surface area contributed by atoms with Crippen LogP contribution in [0.4, 0.5) is 11.9 Å². The Kier molecular flexibility index (Phi) is 3.29. The molecule has 0 atom stereocenters. The third kappa shape index (κ3) is 2.52. The Morgan fingerprint density at radius 3 is 2.96 bits per heavy atom. The van der Waals surface area contributed by atoms with Crippen LogP contribution in [0.25, 0.3) is 27.8 Å². The summed E-state index contributed by atoms with van der Waals surface area (Å²) in [6.07, 6.45) is 5.10. The molecule has 0 aliphatic carbocycles. The fraction of sp³-hybridized carbons (Fsp3) is 0. The summed E-state index contributed by atoms with van der Waals surface area (Å²) in [7, 11) is 0. The number of benzene rings is 1. The average molecular weight is 363 g/mol. The molecule has 5 aromatic rings. The fourth-order valence-electron chi connectivity index (χ4n) is 2.75. The summed E-state index contributed by atoms with van der Waals surface area (Å²) in [4.78, 5) is 16.4. The summed E-state index contributed by atoms with van der Waals surface area (Å²) in [6, 6.07) is 11.1. The molecule has 26 heavy (non-hydrogen) atoms. The van der Waals surface area contributed by atoms with Crippen molar-refractivity contribution in [1.82, 2.24) is 34.8 Å². The normalized spacial score (nSPS) is 11.3. The van der Waals surface area contributed by atoms with Gasteiger partial charge in [0.25, 0.3) is 0 Å². The maximum absolute atomic E-state index is 6.01. The number of aromatic amines is 1.